The van der Waals surface area contributed by atoms with Crippen LogP contribution in [0.15, 0.2) is 10.5 Å². The summed E-state index contributed by atoms with van der Waals surface area (Å²) in [6.45, 7) is 6.35. The van der Waals surface area contributed by atoms with Gasteiger partial charge in [0.15, 0.2) is 11.5 Å². The van der Waals surface area contributed by atoms with Gasteiger partial charge in [-0.15, -0.1) is 0 Å². The second-order valence-corrected chi connectivity index (χ2v) is 6.04. The highest BCUT2D eigenvalue weighted by molar-refractivity contribution is 6.46. The molecule has 0 spiro atoms. The van der Waals surface area contributed by atoms with Gasteiger partial charge >= 0.3 is 0 Å². The van der Waals surface area contributed by atoms with Crippen LogP contribution in [0, 0.1) is 5.41 Å². The van der Waals surface area contributed by atoms with Gasteiger partial charge < -0.3 is 10.2 Å². The lowest BCUT2D eigenvalue weighted by Gasteiger charge is -2.14. The molecule has 0 aliphatic heterocycles. The SMILES string of the molecule is CC(C)(C)Cc1nc2cc(N)c(Cl)c(Cl)c2o1. The summed E-state index contributed by atoms with van der Waals surface area (Å²) in [6, 6.07) is 1.68. The van der Waals surface area contributed by atoms with Crippen LogP contribution in [0.3, 0.4) is 0 Å². The number of anilines is 1. The molecule has 0 saturated heterocycles. The quantitative estimate of drug-likeness (QED) is 0.788. The molecule has 0 fully saturated rings. The monoisotopic (exact) mass is 272 g/mol. The van der Waals surface area contributed by atoms with Gasteiger partial charge in [-0.3, -0.25) is 0 Å². The zero-order chi connectivity index (χ0) is 12.8. The Labute approximate surface area is 110 Å². The van der Waals surface area contributed by atoms with Gasteiger partial charge in [0.25, 0.3) is 0 Å². The van der Waals surface area contributed by atoms with Crippen LogP contribution in [0.2, 0.25) is 10.0 Å². The first-order chi connectivity index (χ1) is 7.78. The molecule has 1 aromatic heterocycles. The number of fused-ring (bicyclic) bond motifs is 1. The van der Waals surface area contributed by atoms with Crippen molar-refractivity contribution >= 4 is 40.0 Å². The van der Waals surface area contributed by atoms with Crippen molar-refractivity contribution in [1.29, 1.82) is 0 Å². The third-order valence-corrected chi connectivity index (χ3v) is 3.18. The van der Waals surface area contributed by atoms with Gasteiger partial charge in [0, 0.05) is 6.42 Å². The van der Waals surface area contributed by atoms with Crippen molar-refractivity contribution in [2.45, 2.75) is 27.2 Å². The Hall–Kier alpha value is -0.930. The van der Waals surface area contributed by atoms with E-state index in [0.717, 1.165) is 6.42 Å². The van der Waals surface area contributed by atoms with Gasteiger partial charge in [-0.1, -0.05) is 44.0 Å². The molecule has 2 aromatic rings. The first kappa shape index (κ1) is 12.5. The lowest BCUT2D eigenvalue weighted by Crippen LogP contribution is -2.09. The summed E-state index contributed by atoms with van der Waals surface area (Å²) in [7, 11) is 0. The zero-order valence-corrected chi connectivity index (χ0v) is 11.5. The van der Waals surface area contributed by atoms with Crippen molar-refractivity contribution < 1.29 is 4.42 Å². The molecule has 3 nitrogen and oxygen atoms in total. The van der Waals surface area contributed by atoms with Crippen molar-refractivity contribution in [3.8, 4) is 0 Å². The molecule has 0 saturated carbocycles. The van der Waals surface area contributed by atoms with Crippen LogP contribution in [0.4, 0.5) is 5.69 Å². The van der Waals surface area contributed by atoms with Gasteiger partial charge in [0.05, 0.1) is 10.7 Å². The third kappa shape index (κ3) is 2.50. The van der Waals surface area contributed by atoms with E-state index in [0.29, 0.717) is 32.7 Å². The first-order valence-electron chi connectivity index (χ1n) is 5.31. The molecule has 0 unspecified atom stereocenters. The Morgan fingerprint density at radius 2 is 1.94 bits per heavy atom. The second kappa shape index (κ2) is 4.07. The lowest BCUT2D eigenvalue weighted by molar-refractivity contribution is 0.362. The molecule has 0 radical (unpaired) electrons. The van der Waals surface area contributed by atoms with Crippen LogP contribution in [-0.2, 0) is 6.42 Å². The Morgan fingerprint density at radius 3 is 2.53 bits per heavy atom. The number of aromatic nitrogens is 1. The first-order valence-corrected chi connectivity index (χ1v) is 6.06. The molecule has 1 heterocycles. The molecule has 17 heavy (non-hydrogen) atoms. The number of nitrogens with zero attached hydrogens (tertiary/aromatic N) is 1. The normalized spacial score (nSPS) is 12.3. The highest BCUT2D eigenvalue weighted by Crippen LogP contribution is 2.36. The standard InChI is InChI=1S/C12H14Cl2N2O/c1-12(2,3)5-8-16-7-4-6(15)9(13)10(14)11(7)17-8/h4H,5,15H2,1-3H3. The Kier molecular flexibility index (Phi) is 3.00. The minimum atomic E-state index is 0.0999. The van der Waals surface area contributed by atoms with E-state index in [1.54, 1.807) is 6.07 Å². The molecular weight excluding hydrogens is 259 g/mol. The molecule has 92 valence electrons. The lowest BCUT2D eigenvalue weighted by atomic mass is 9.92. The number of rotatable bonds is 1. The molecule has 0 aliphatic carbocycles. The molecule has 0 atom stereocenters. The maximum Gasteiger partial charge on any atom is 0.196 e. The maximum absolute atomic E-state index is 6.07. The van der Waals surface area contributed by atoms with Crippen LogP contribution in [0.5, 0.6) is 0 Å². The summed E-state index contributed by atoms with van der Waals surface area (Å²) in [5.74, 6) is 0.649. The van der Waals surface area contributed by atoms with E-state index in [1.165, 1.54) is 0 Å². The Bertz CT molecular complexity index is 570. The fourth-order valence-corrected chi connectivity index (χ4v) is 1.98. The summed E-state index contributed by atoms with van der Waals surface area (Å²) in [6.07, 6.45) is 0.732. The fourth-order valence-electron chi connectivity index (χ4n) is 1.60. The minimum absolute atomic E-state index is 0.0999. The molecule has 1 aromatic carbocycles. The van der Waals surface area contributed by atoms with E-state index in [1.807, 2.05) is 0 Å². The number of oxazole rings is 1. The van der Waals surface area contributed by atoms with Crippen LogP contribution >= 0.6 is 23.2 Å². The number of hydrogen-bond donors (Lipinski definition) is 1. The molecule has 2 rings (SSSR count). The number of benzene rings is 1. The van der Waals surface area contributed by atoms with Gasteiger partial charge in [0.1, 0.15) is 10.5 Å². The van der Waals surface area contributed by atoms with E-state index >= 15 is 0 Å². The average Bonchev–Trinajstić information content (AvgIpc) is 2.54. The summed E-state index contributed by atoms with van der Waals surface area (Å²) in [5, 5.41) is 0.645. The molecule has 2 N–H and O–H groups in total. The maximum atomic E-state index is 6.07. The minimum Gasteiger partial charge on any atom is -0.439 e. The molecule has 0 amide bonds. The van der Waals surface area contributed by atoms with Gasteiger partial charge in [-0.2, -0.15) is 0 Å². The highest BCUT2D eigenvalue weighted by Gasteiger charge is 2.19. The predicted molar refractivity (Wildman–Crippen MR) is 71.6 cm³/mol. The van der Waals surface area contributed by atoms with Crippen LogP contribution in [0.1, 0.15) is 26.7 Å². The van der Waals surface area contributed by atoms with E-state index in [-0.39, 0.29) is 5.41 Å². The van der Waals surface area contributed by atoms with Crippen molar-refractivity contribution in [2.75, 3.05) is 5.73 Å². The largest absolute Gasteiger partial charge is 0.439 e. The van der Waals surface area contributed by atoms with E-state index in [2.05, 4.69) is 25.8 Å². The van der Waals surface area contributed by atoms with Gasteiger partial charge in [-0.05, 0) is 11.5 Å². The van der Waals surface area contributed by atoms with Gasteiger partial charge in [0.2, 0.25) is 0 Å². The molecular formula is C12H14Cl2N2O. The zero-order valence-electron chi connectivity index (χ0n) is 9.97. The number of halogens is 2. The van der Waals surface area contributed by atoms with E-state index < -0.39 is 0 Å². The third-order valence-electron chi connectivity index (χ3n) is 2.32. The van der Waals surface area contributed by atoms with Crippen LogP contribution in [-0.4, -0.2) is 4.98 Å². The van der Waals surface area contributed by atoms with Crippen molar-refractivity contribution in [2.24, 2.45) is 5.41 Å². The summed E-state index contributed by atoms with van der Waals surface area (Å²) in [5.41, 5.74) is 7.40. The molecule has 5 heteroatoms. The average molecular weight is 273 g/mol. The van der Waals surface area contributed by atoms with Crippen molar-refractivity contribution in [3.05, 3.63) is 22.0 Å². The van der Waals surface area contributed by atoms with E-state index in [4.69, 9.17) is 33.4 Å². The number of nitrogen functional groups attached to an aromatic ring is 1. The Balaban J connectivity index is 2.55. The summed E-state index contributed by atoms with van der Waals surface area (Å²) < 4.78 is 5.63. The number of nitrogens with two attached hydrogens (primary N) is 1. The Morgan fingerprint density at radius 1 is 1.29 bits per heavy atom. The van der Waals surface area contributed by atoms with E-state index in [9.17, 15) is 0 Å². The second-order valence-electron chi connectivity index (χ2n) is 5.29. The predicted octanol–water partition coefficient (Wildman–Crippen LogP) is 4.31. The summed E-state index contributed by atoms with van der Waals surface area (Å²) >= 11 is 12.0. The highest BCUT2D eigenvalue weighted by atomic mass is 35.5. The van der Waals surface area contributed by atoms with Gasteiger partial charge in [-0.25, -0.2) is 4.98 Å². The topological polar surface area (TPSA) is 52.0 Å². The van der Waals surface area contributed by atoms with Crippen LogP contribution in [0.25, 0.3) is 11.1 Å². The number of hydrogen-bond acceptors (Lipinski definition) is 3. The van der Waals surface area contributed by atoms with Crippen LogP contribution < -0.4 is 5.73 Å². The molecule has 0 bridgehead atoms. The fraction of sp³-hybridized carbons (Fsp3) is 0.417. The molecule has 0 aliphatic rings. The van der Waals surface area contributed by atoms with Crippen molar-refractivity contribution in [1.82, 2.24) is 4.98 Å². The summed E-state index contributed by atoms with van der Waals surface area (Å²) in [4.78, 5) is 4.37. The smallest absolute Gasteiger partial charge is 0.196 e. The van der Waals surface area contributed by atoms with Crippen molar-refractivity contribution in [3.63, 3.8) is 0 Å².